The Hall–Kier alpha value is -1.54. The van der Waals surface area contributed by atoms with Crippen molar-refractivity contribution in [3.05, 3.63) is 48.6 Å². The first-order valence-electron chi connectivity index (χ1n) is 29.5. The van der Waals surface area contributed by atoms with Gasteiger partial charge in [0.05, 0.1) is 39.9 Å². The molecule has 406 valence electrons. The number of rotatable bonds is 54. The molecule has 0 aromatic carbocycles. The van der Waals surface area contributed by atoms with Crippen molar-refractivity contribution in [2.75, 3.05) is 40.9 Å². The zero-order valence-corrected chi connectivity index (χ0v) is 47.2. The summed E-state index contributed by atoms with van der Waals surface area (Å²) in [5, 5.41) is 13.9. The van der Waals surface area contributed by atoms with Crippen molar-refractivity contribution >= 4 is 13.7 Å². The molecule has 0 aliphatic carbocycles. The molecule has 3 N–H and O–H groups in total. The van der Waals surface area contributed by atoms with Crippen molar-refractivity contribution in [1.82, 2.24) is 5.32 Å². The molecule has 0 aliphatic heterocycles. The lowest BCUT2D eigenvalue weighted by atomic mass is 10.0. The Kier molecular flexibility index (Phi) is 50.2. The molecule has 3 unspecified atom stereocenters. The molecule has 0 heterocycles. The molecular weight excluding hydrogens is 876 g/mol. The fraction of sp³-hybridized carbons (Fsp3) is 0.850. The molecular formula is C60H116N2O6P+. The van der Waals surface area contributed by atoms with Gasteiger partial charge in [-0.05, 0) is 70.6 Å². The fourth-order valence-corrected chi connectivity index (χ4v) is 9.34. The van der Waals surface area contributed by atoms with Crippen molar-refractivity contribution in [3.63, 3.8) is 0 Å². The Morgan fingerprint density at radius 2 is 0.797 bits per heavy atom. The minimum Gasteiger partial charge on any atom is -0.387 e. The van der Waals surface area contributed by atoms with Gasteiger partial charge in [0.15, 0.2) is 0 Å². The summed E-state index contributed by atoms with van der Waals surface area (Å²) in [7, 11) is 1.55. The van der Waals surface area contributed by atoms with Crippen LogP contribution in [0.15, 0.2) is 48.6 Å². The van der Waals surface area contributed by atoms with E-state index >= 15 is 0 Å². The van der Waals surface area contributed by atoms with Crippen molar-refractivity contribution < 1.29 is 32.9 Å². The molecule has 3 atom stereocenters. The topological polar surface area (TPSA) is 105 Å². The Morgan fingerprint density at radius 1 is 0.478 bits per heavy atom. The van der Waals surface area contributed by atoms with Crippen LogP contribution in [0, 0.1) is 0 Å². The lowest BCUT2D eigenvalue weighted by molar-refractivity contribution is -0.870. The van der Waals surface area contributed by atoms with Crippen molar-refractivity contribution in [1.29, 1.82) is 0 Å². The van der Waals surface area contributed by atoms with E-state index in [0.717, 1.165) is 44.9 Å². The normalized spacial score (nSPS) is 14.2. The van der Waals surface area contributed by atoms with Gasteiger partial charge >= 0.3 is 7.82 Å². The molecule has 8 nitrogen and oxygen atoms in total. The van der Waals surface area contributed by atoms with E-state index in [2.05, 4.69) is 55.6 Å². The average molecular weight is 993 g/mol. The van der Waals surface area contributed by atoms with Crippen LogP contribution in [0.1, 0.15) is 277 Å². The lowest BCUT2D eigenvalue weighted by Gasteiger charge is -2.25. The third kappa shape index (κ3) is 54.1. The maximum atomic E-state index is 13.0. The number of aliphatic hydroxyl groups is 1. The Bertz CT molecular complexity index is 1260. The zero-order chi connectivity index (χ0) is 50.6. The molecule has 0 aromatic heterocycles. The first-order chi connectivity index (χ1) is 33.5. The van der Waals surface area contributed by atoms with Crippen molar-refractivity contribution in [3.8, 4) is 0 Å². The Balaban J connectivity index is 4.25. The molecule has 0 radical (unpaired) electrons. The summed E-state index contributed by atoms with van der Waals surface area (Å²) in [5.74, 6) is -0.190. The predicted octanol–water partition coefficient (Wildman–Crippen LogP) is 17.9. The lowest BCUT2D eigenvalue weighted by Crippen LogP contribution is -2.45. The predicted molar refractivity (Wildman–Crippen MR) is 300 cm³/mol. The van der Waals surface area contributed by atoms with E-state index in [9.17, 15) is 19.4 Å². The summed E-state index contributed by atoms with van der Waals surface area (Å²) in [6.07, 6.45) is 67.9. The molecule has 69 heavy (non-hydrogen) atoms. The maximum Gasteiger partial charge on any atom is 0.472 e. The molecule has 0 spiro atoms. The van der Waals surface area contributed by atoms with E-state index in [-0.39, 0.29) is 19.1 Å². The second-order valence-electron chi connectivity index (χ2n) is 21.3. The number of likely N-dealkylation sites (N-methyl/N-ethyl adjacent to an activating group) is 1. The maximum absolute atomic E-state index is 13.0. The third-order valence-corrected chi connectivity index (χ3v) is 14.2. The van der Waals surface area contributed by atoms with E-state index in [4.69, 9.17) is 9.05 Å². The van der Waals surface area contributed by atoms with Gasteiger partial charge in [0.2, 0.25) is 5.91 Å². The van der Waals surface area contributed by atoms with E-state index in [1.165, 1.54) is 212 Å². The fourth-order valence-electron chi connectivity index (χ4n) is 8.60. The smallest absolute Gasteiger partial charge is 0.387 e. The van der Waals surface area contributed by atoms with Crippen LogP contribution >= 0.6 is 7.82 Å². The summed E-state index contributed by atoms with van der Waals surface area (Å²) in [6.45, 7) is 4.82. The first kappa shape index (κ1) is 67.5. The van der Waals surface area contributed by atoms with E-state index in [1.54, 1.807) is 6.08 Å². The molecule has 0 rings (SSSR count). The van der Waals surface area contributed by atoms with Gasteiger partial charge in [0.25, 0.3) is 0 Å². The number of amides is 1. The van der Waals surface area contributed by atoms with Crippen LogP contribution in [-0.4, -0.2) is 73.4 Å². The van der Waals surface area contributed by atoms with E-state index < -0.39 is 20.0 Å². The number of hydrogen-bond acceptors (Lipinski definition) is 5. The van der Waals surface area contributed by atoms with Crippen LogP contribution in [0.5, 0.6) is 0 Å². The largest absolute Gasteiger partial charge is 0.472 e. The quantitative estimate of drug-likeness (QED) is 0.0243. The highest BCUT2D eigenvalue weighted by atomic mass is 31.2. The number of hydrogen-bond donors (Lipinski definition) is 3. The number of phosphoric acid groups is 1. The zero-order valence-electron chi connectivity index (χ0n) is 46.3. The third-order valence-electron chi connectivity index (χ3n) is 13.2. The average Bonchev–Trinajstić information content (AvgIpc) is 3.31. The minimum atomic E-state index is -4.36. The number of carbonyl (C=O) groups is 1. The molecule has 0 aromatic rings. The number of phosphoric ester groups is 1. The number of quaternary nitrogens is 1. The summed E-state index contributed by atoms with van der Waals surface area (Å²) in [4.78, 5) is 23.3. The highest BCUT2D eigenvalue weighted by Gasteiger charge is 2.27. The molecule has 0 aliphatic rings. The van der Waals surface area contributed by atoms with Gasteiger partial charge in [0.1, 0.15) is 13.2 Å². The van der Waals surface area contributed by atoms with E-state index in [1.807, 2.05) is 27.2 Å². The number of nitrogens with zero attached hydrogens (tertiary/aromatic N) is 1. The second-order valence-corrected chi connectivity index (χ2v) is 22.8. The number of carbonyl (C=O) groups excluding carboxylic acids is 1. The summed E-state index contributed by atoms with van der Waals surface area (Å²) in [6, 6.07) is -0.872. The summed E-state index contributed by atoms with van der Waals surface area (Å²) < 4.78 is 23.7. The Morgan fingerprint density at radius 3 is 1.16 bits per heavy atom. The summed E-state index contributed by atoms with van der Waals surface area (Å²) in [5.41, 5.74) is 0. The number of aliphatic hydroxyl groups excluding tert-OH is 1. The van der Waals surface area contributed by atoms with Crippen molar-refractivity contribution in [2.24, 2.45) is 0 Å². The molecule has 9 heteroatoms. The first-order valence-corrected chi connectivity index (χ1v) is 31.0. The van der Waals surface area contributed by atoms with Gasteiger partial charge < -0.3 is 19.8 Å². The minimum absolute atomic E-state index is 0.0530. The van der Waals surface area contributed by atoms with Crippen LogP contribution in [0.4, 0.5) is 0 Å². The highest BCUT2D eigenvalue weighted by Crippen LogP contribution is 2.43. The summed E-state index contributed by atoms with van der Waals surface area (Å²) >= 11 is 0. The van der Waals surface area contributed by atoms with Crippen LogP contribution in [0.3, 0.4) is 0 Å². The molecule has 0 saturated carbocycles. The van der Waals surface area contributed by atoms with Crippen LogP contribution in [0.25, 0.3) is 0 Å². The van der Waals surface area contributed by atoms with Crippen LogP contribution in [0.2, 0.25) is 0 Å². The molecule has 1 amide bonds. The van der Waals surface area contributed by atoms with Gasteiger partial charge in [-0.25, -0.2) is 4.57 Å². The van der Waals surface area contributed by atoms with Gasteiger partial charge in [-0.2, -0.15) is 0 Å². The van der Waals surface area contributed by atoms with Gasteiger partial charge in [-0.1, -0.05) is 249 Å². The molecule has 0 bridgehead atoms. The van der Waals surface area contributed by atoms with E-state index in [0.29, 0.717) is 17.4 Å². The van der Waals surface area contributed by atoms with Gasteiger partial charge in [-0.15, -0.1) is 0 Å². The van der Waals surface area contributed by atoms with Gasteiger partial charge in [-0.3, -0.25) is 13.8 Å². The van der Waals surface area contributed by atoms with Crippen molar-refractivity contribution in [2.45, 2.75) is 289 Å². The highest BCUT2D eigenvalue weighted by molar-refractivity contribution is 7.47. The number of nitrogens with one attached hydrogen (secondary N) is 1. The number of unbranched alkanes of at least 4 members (excludes halogenated alkanes) is 35. The van der Waals surface area contributed by atoms with Crippen LogP contribution < -0.4 is 5.32 Å². The second kappa shape index (κ2) is 51.4. The Labute approximate surface area is 429 Å². The standard InChI is InChI=1S/C60H115N2O6P/c1-6-8-10-12-14-16-18-20-22-24-26-28-29-30-31-32-34-36-38-40-42-44-46-48-50-52-54-60(64)61-58(57-68-69(65,66)67-56-55-62(3,4)5)59(63)53-51-49-47-45-43-41-39-37-35-33-27-25-23-21-19-17-15-13-11-9-7-2/h30-31,35,37,43,45,51,53,58-59,63H,6-29,32-34,36,38-42,44,46-50,52,54-57H2,1-5H3,(H-,61,64,65,66)/p+1/b31-30-,37-35+,45-43+,53-51+. The van der Waals surface area contributed by atoms with Crippen LogP contribution in [-0.2, 0) is 18.4 Å². The monoisotopic (exact) mass is 992 g/mol. The SMILES string of the molecule is CCCCCCCCCCCCC/C=C/CC/C=C/CC/C=C/C(O)C(COP(=O)(O)OCC[N+](C)(C)C)NC(=O)CCCCCCCCCCCC/C=C\CCCCCCCCCCCCCC. The van der Waals surface area contributed by atoms with Gasteiger partial charge in [0, 0.05) is 6.42 Å². The molecule has 0 saturated heterocycles. The molecule has 0 fully saturated rings. The number of allylic oxidation sites excluding steroid dienone is 7.